The Balaban J connectivity index is 2.28. The van der Waals surface area contributed by atoms with Crippen molar-refractivity contribution in [3.8, 4) is 0 Å². The fourth-order valence-electron chi connectivity index (χ4n) is 1.67. The summed E-state index contributed by atoms with van der Waals surface area (Å²) >= 11 is 0. The SMILES string of the molecule is OC[C@H]1CCCN1CCC(F)(F)F. The summed E-state index contributed by atoms with van der Waals surface area (Å²) in [6.45, 7) is 0.674. The Kier molecular flexibility index (Phi) is 3.55. The Labute approximate surface area is 75.3 Å². The van der Waals surface area contributed by atoms with E-state index < -0.39 is 12.6 Å². The first-order valence-electron chi connectivity index (χ1n) is 4.44. The number of hydrogen-bond acceptors (Lipinski definition) is 2. The largest absolute Gasteiger partial charge is 0.395 e. The maximum absolute atomic E-state index is 11.9. The molecule has 5 heteroatoms. The molecule has 0 unspecified atom stereocenters. The Morgan fingerprint density at radius 3 is 2.62 bits per heavy atom. The number of alkyl halides is 3. The lowest BCUT2D eigenvalue weighted by Crippen LogP contribution is -2.34. The number of rotatable bonds is 3. The number of hydrogen-bond donors (Lipinski definition) is 1. The molecule has 1 aliphatic heterocycles. The van der Waals surface area contributed by atoms with Gasteiger partial charge in [0.1, 0.15) is 0 Å². The Morgan fingerprint density at radius 2 is 2.08 bits per heavy atom. The average molecular weight is 197 g/mol. The topological polar surface area (TPSA) is 23.5 Å². The minimum absolute atomic E-state index is 0.0225. The van der Waals surface area contributed by atoms with E-state index in [-0.39, 0.29) is 19.2 Å². The molecule has 78 valence electrons. The third-order valence-electron chi connectivity index (χ3n) is 2.39. The van der Waals surface area contributed by atoms with Crippen molar-refractivity contribution < 1.29 is 18.3 Å². The molecule has 0 amide bonds. The molecule has 2 nitrogen and oxygen atoms in total. The van der Waals surface area contributed by atoms with Gasteiger partial charge in [-0.15, -0.1) is 0 Å². The molecule has 1 atom stereocenters. The number of aliphatic hydroxyl groups is 1. The Hall–Kier alpha value is -0.290. The van der Waals surface area contributed by atoms with Gasteiger partial charge in [-0.1, -0.05) is 0 Å². The molecule has 0 aliphatic carbocycles. The van der Waals surface area contributed by atoms with Crippen LogP contribution in [0.5, 0.6) is 0 Å². The highest BCUT2D eigenvalue weighted by atomic mass is 19.4. The standard InChI is InChI=1S/C8H14F3NO/c9-8(10,11)3-5-12-4-1-2-7(12)6-13/h7,13H,1-6H2/t7-/m1/s1. The summed E-state index contributed by atoms with van der Waals surface area (Å²) in [7, 11) is 0. The maximum Gasteiger partial charge on any atom is 0.390 e. The van der Waals surface area contributed by atoms with Gasteiger partial charge >= 0.3 is 6.18 Å². The first-order chi connectivity index (χ1) is 6.03. The zero-order valence-corrected chi connectivity index (χ0v) is 7.35. The van der Waals surface area contributed by atoms with E-state index >= 15 is 0 Å². The summed E-state index contributed by atoms with van der Waals surface area (Å²) < 4.78 is 35.6. The lowest BCUT2D eigenvalue weighted by Gasteiger charge is -2.22. The van der Waals surface area contributed by atoms with Crippen LogP contribution in [0.15, 0.2) is 0 Å². The van der Waals surface area contributed by atoms with Crippen molar-refractivity contribution in [1.82, 2.24) is 4.90 Å². The summed E-state index contributed by atoms with van der Waals surface area (Å²) in [6.07, 6.45) is -3.15. The summed E-state index contributed by atoms with van der Waals surface area (Å²) in [5.41, 5.74) is 0. The summed E-state index contributed by atoms with van der Waals surface area (Å²) in [5, 5.41) is 8.84. The third kappa shape index (κ3) is 3.52. The highest BCUT2D eigenvalue weighted by Crippen LogP contribution is 2.23. The molecule has 0 spiro atoms. The van der Waals surface area contributed by atoms with Gasteiger partial charge in [-0.2, -0.15) is 13.2 Å². The molecule has 1 rings (SSSR count). The molecule has 0 bridgehead atoms. The van der Waals surface area contributed by atoms with Gasteiger partial charge < -0.3 is 5.11 Å². The van der Waals surface area contributed by atoms with E-state index in [1.54, 1.807) is 4.90 Å². The van der Waals surface area contributed by atoms with Gasteiger partial charge in [0.05, 0.1) is 13.0 Å². The molecular formula is C8H14F3NO. The van der Waals surface area contributed by atoms with E-state index in [0.717, 1.165) is 12.8 Å². The molecule has 0 saturated carbocycles. The van der Waals surface area contributed by atoms with E-state index in [9.17, 15) is 13.2 Å². The second kappa shape index (κ2) is 4.28. The monoisotopic (exact) mass is 197 g/mol. The summed E-state index contributed by atoms with van der Waals surface area (Å²) in [6, 6.07) is -0.0534. The molecule has 1 saturated heterocycles. The van der Waals surface area contributed by atoms with Crippen molar-refractivity contribution in [2.75, 3.05) is 19.7 Å². The van der Waals surface area contributed by atoms with Crippen LogP contribution in [0.1, 0.15) is 19.3 Å². The summed E-state index contributed by atoms with van der Waals surface area (Å²) in [5.74, 6) is 0. The zero-order chi connectivity index (χ0) is 9.90. The van der Waals surface area contributed by atoms with Crippen LogP contribution >= 0.6 is 0 Å². The van der Waals surface area contributed by atoms with E-state index in [0.29, 0.717) is 6.54 Å². The number of nitrogens with zero attached hydrogens (tertiary/aromatic N) is 1. The molecular weight excluding hydrogens is 183 g/mol. The minimum Gasteiger partial charge on any atom is -0.395 e. The van der Waals surface area contributed by atoms with Crippen LogP contribution in [0.25, 0.3) is 0 Å². The normalized spacial score (nSPS) is 25.4. The first kappa shape index (κ1) is 10.8. The van der Waals surface area contributed by atoms with Crippen LogP contribution in [0.2, 0.25) is 0 Å². The Morgan fingerprint density at radius 1 is 1.38 bits per heavy atom. The molecule has 0 aromatic carbocycles. The predicted molar refractivity (Wildman–Crippen MR) is 42.4 cm³/mol. The van der Waals surface area contributed by atoms with Crippen LogP contribution in [0, 0.1) is 0 Å². The third-order valence-corrected chi connectivity index (χ3v) is 2.39. The highest BCUT2D eigenvalue weighted by Gasteiger charge is 2.31. The number of halogens is 3. The number of likely N-dealkylation sites (tertiary alicyclic amines) is 1. The van der Waals surface area contributed by atoms with Gasteiger partial charge in [-0.05, 0) is 19.4 Å². The van der Waals surface area contributed by atoms with Gasteiger partial charge in [-0.3, -0.25) is 4.90 Å². The van der Waals surface area contributed by atoms with Crippen LogP contribution in [0.3, 0.4) is 0 Å². The highest BCUT2D eigenvalue weighted by molar-refractivity contribution is 4.78. The van der Waals surface area contributed by atoms with E-state index in [1.807, 2.05) is 0 Å². The summed E-state index contributed by atoms with van der Waals surface area (Å²) in [4.78, 5) is 1.72. The molecule has 1 N–H and O–H groups in total. The van der Waals surface area contributed by atoms with Crippen molar-refractivity contribution in [1.29, 1.82) is 0 Å². The fraction of sp³-hybridized carbons (Fsp3) is 1.00. The molecule has 0 aromatic rings. The second-order valence-corrected chi connectivity index (χ2v) is 3.38. The lowest BCUT2D eigenvalue weighted by molar-refractivity contribution is -0.138. The van der Waals surface area contributed by atoms with E-state index in [4.69, 9.17) is 5.11 Å². The van der Waals surface area contributed by atoms with Crippen LogP contribution in [-0.4, -0.2) is 41.9 Å². The quantitative estimate of drug-likeness (QED) is 0.739. The smallest absolute Gasteiger partial charge is 0.390 e. The van der Waals surface area contributed by atoms with Crippen molar-refractivity contribution in [2.24, 2.45) is 0 Å². The van der Waals surface area contributed by atoms with Crippen molar-refractivity contribution in [2.45, 2.75) is 31.5 Å². The van der Waals surface area contributed by atoms with Crippen LogP contribution < -0.4 is 0 Å². The van der Waals surface area contributed by atoms with Crippen molar-refractivity contribution in [3.63, 3.8) is 0 Å². The average Bonchev–Trinajstić information content (AvgIpc) is 2.46. The first-order valence-corrected chi connectivity index (χ1v) is 4.44. The molecule has 0 aromatic heterocycles. The molecule has 1 heterocycles. The van der Waals surface area contributed by atoms with Crippen molar-refractivity contribution >= 4 is 0 Å². The van der Waals surface area contributed by atoms with Crippen LogP contribution in [0.4, 0.5) is 13.2 Å². The Bertz CT molecular complexity index is 160. The molecule has 1 aliphatic rings. The van der Waals surface area contributed by atoms with Gasteiger partial charge in [0.2, 0.25) is 0 Å². The van der Waals surface area contributed by atoms with E-state index in [1.165, 1.54) is 0 Å². The van der Waals surface area contributed by atoms with Gasteiger partial charge in [0.25, 0.3) is 0 Å². The fourth-order valence-corrected chi connectivity index (χ4v) is 1.67. The minimum atomic E-state index is -4.08. The lowest BCUT2D eigenvalue weighted by atomic mass is 10.2. The van der Waals surface area contributed by atoms with Crippen molar-refractivity contribution in [3.05, 3.63) is 0 Å². The predicted octanol–water partition coefficient (Wildman–Crippen LogP) is 1.40. The number of aliphatic hydroxyl groups excluding tert-OH is 1. The van der Waals surface area contributed by atoms with Crippen LogP contribution in [-0.2, 0) is 0 Å². The molecule has 0 radical (unpaired) electrons. The zero-order valence-electron chi connectivity index (χ0n) is 7.35. The van der Waals surface area contributed by atoms with Gasteiger partial charge in [-0.25, -0.2) is 0 Å². The maximum atomic E-state index is 11.9. The van der Waals surface area contributed by atoms with E-state index in [2.05, 4.69) is 0 Å². The second-order valence-electron chi connectivity index (χ2n) is 3.38. The molecule has 1 fully saturated rings. The van der Waals surface area contributed by atoms with Gasteiger partial charge in [0.15, 0.2) is 0 Å². The van der Waals surface area contributed by atoms with Gasteiger partial charge in [0, 0.05) is 12.6 Å². The molecule has 13 heavy (non-hydrogen) atoms.